The summed E-state index contributed by atoms with van der Waals surface area (Å²) >= 11 is 5.68. The van der Waals surface area contributed by atoms with Gasteiger partial charge in [0.05, 0.1) is 23.7 Å². The van der Waals surface area contributed by atoms with Crippen LogP contribution < -0.4 is 5.32 Å². The first-order chi connectivity index (χ1) is 11.0. The number of dihydropyridines is 1. The molecule has 1 aliphatic heterocycles. The zero-order chi connectivity index (χ0) is 17.0. The summed E-state index contributed by atoms with van der Waals surface area (Å²) in [6.07, 6.45) is -0.497. The van der Waals surface area contributed by atoms with E-state index in [1.165, 1.54) is 6.92 Å². The molecule has 2 atom stereocenters. The number of ketones is 1. The smallest absolute Gasteiger partial charge is 0.158 e. The quantitative estimate of drug-likeness (QED) is 0.814. The van der Waals surface area contributed by atoms with Gasteiger partial charge in [-0.3, -0.25) is 4.79 Å². The van der Waals surface area contributed by atoms with E-state index in [2.05, 4.69) is 11.4 Å². The summed E-state index contributed by atoms with van der Waals surface area (Å²) in [5.74, 6) is -0.409. The Morgan fingerprint density at radius 3 is 2.61 bits per heavy atom. The lowest BCUT2D eigenvalue weighted by Crippen LogP contribution is -2.30. The highest BCUT2D eigenvalue weighted by Crippen LogP contribution is 2.38. The van der Waals surface area contributed by atoms with Crippen LogP contribution in [0.1, 0.15) is 31.7 Å². The molecule has 1 aliphatic rings. The predicted molar refractivity (Wildman–Crippen MR) is 89.7 cm³/mol. The molecule has 5 heteroatoms. The van der Waals surface area contributed by atoms with Crippen LogP contribution in [0.3, 0.4) is 0 Å². The van der Waals surface area contributed by atoms with E-state index in [9.17, 15) is 15.2 Å². The zero-order valence-corrected chi connectivity index (χ0v) is 13.9. The fourth-order valence-electron chi connectivity index (χ4n) is 2.93. The minimum absolute atomic E-state index is 0.0754. The van der Waals surface area contributed by atoms with E-state index >= 15 is 0 Å². The van der Waals surface area contributed by atoms with E-state index in [1.807, 2.05) is 37.3 Å². The number of hydrogen-bond acceptors (Lipinski definition) is 4. The number of alkyl halides is 1. The Morgan fingerprint density at radius 2 is 2.09 bits per heavy atom. The first-order valence-electron chi connectivity index (χ1n) is 7.40. The third-order valence-corrected chi connectivity index (χ3v) is 4.25. The van der Waals surface area contributed by atoms with Crippen LogP contribution in [0.5, 0.6) is 0 Å². The molecule has 2 N–H and O–H groups in total. The van der Waals surface area contributed by atoms with Gasteiger partial charge in [0, 0.05) is 29.3 Å². The number of carbonyl (C=O) groups excluding carboxylic acids is 1. The zero-order valence-electron chi connectivity index (χ0n) is 13.1. The second-order valence-corrected chi connectivity index (χ2v) is 5.89. The van der Waals surface area contributed by atoms with Crippen LogP contribution in [-0.2, 0) is 4.79 Å². The van der Waals surface area contributed by atoms with Crippen molar-refractivity contribution in [2.75, 3.05) is 5.88 Å². The minimum Gasteiger partial charge on any atom is -0.391 e. The molecular weight excluding hydrogens is 312 g/mol. The van der Waals surface area contributed by atoms with Crippen LogP contribution in [0, 0.1) is 11.3 Å². The average Bonchev–Trinajstić information content (AvgIpc) is 2.54. The maximum atomic E-state index is 12.1. The van der Waals surface area contributed by atoms with Crippen molar-refractivity contribution in [2.24, 2.45) is 0 Å². The molecule has 2 rings (SSSR count). The van der Waals surface area contributed by atoms with Gasteiger partial charge in [-0.25, -0.2) is 0 Å². The van der Waals surface area contributed by atoms with Gasteiger partial charge in [0.25, 0.3) is 0 Å². The predicted octanol–water partition coefficient (Wildman–Crippen LogP) is 3.00. The van der Waals surface area contributed by atoms with Gasteiger partial charge in [0.1, 0.15) is 0 Å². The number of allylic oxidation sites excluding steroid dienone is 3. The van der Waals surface area contributed by atoms with Gasteiger partial charge in [-0.1, -0.05) is 30.3 Å². The summed E-state index contributed by atoms with van der Waals surface area (Å²) in [4.78, 5) is 12.1. The molecular formula is C18H19ClN2O2. The number of carbonyl (C=O) groups is 1. The normalized spacial score (nSPS) is 19.2. The van der Waals surface area contributed by atoms with E-state index in [0.29, 0.717) is 22.5 Å². The largest absolute Gasteiger partial charge is 0.391 e. The highest BCUT2D eigenvalue weighted by molar-refractivity contribution is 6.18. The Balaban J connectivity index is 2.59. The van der Waals surface area contributed by atoms with Gasteiger partial charge in [0.2, 0.25) is 0 Å². The van der Waals surface area contributed by atoms with Crippen LogP contribution in [0.25, 0.3) is 0 Å². The number of hydrogen-bond donors (Lipinski definition) is 2. The topological polar surface area (TPSA) is 73.1 Å². The van der Waals surface area contributed by atoms with Crippen molar-refractivity contribution in [1.82, 2.24) is 5.32 Å². The number of nitrogens with zero attached hydrogens (tertiary/aromatic N) is 1. The second-order valence-electron chi connectivity index (χ2n) is 5.58. The number of nitrogens with one attached hydrogen (secondary N) is 1. The maximum Gasteiger partial charge on any atom is 0.158 e. The Morgan fingerprint density at radius 1 is 1.43 bits per heavy atom. The van der Waals surface area contributed by atoms with Gasteiger partial charge < -0.3 is 10.4 Å². The lowest BCUT2D eigenvalue weighted by atomic mass is 9.79. The molecule has 2 unspecified atom stereocenters. The van der Waals surface area contributed by atoms with Crippen molar-refractivity contribution in [2.45, 2.75) is 32.3 Å². The fourth-order valence-corrected chi connectivity index (χ4v) is 3.03. The molecule has 1 heterocycles. The van der Waals surface area contributed by atoms with E-state index in [-0.39, 0.29) is 18.1 Å². The van der Waals surface area contributed by atoms with Crippen molar-refractivity contribution < 1.29 is 9.90 Å². The van der Waals surface area contributed by atoms with Crippen LogP contribution in [-0.4, -0.2) is 22.9 Å². The minimum atomic E-state index is -0.745. The monoisotopic (exact) mass is 330 g/mol. The van der Waals surface area contributed by atoms with E-state index in [4.69, 9.17) is 11.6 Å². The van der Waals surface area contributed by atoms with Crippen LogP contribution in [0.4, 0.5) is 0 Å². The number of nitriles is 1. The lowest BCUT2D eigenvalue weighted by Gasteiger charge is -2.30. The number of rotatable bonds is 5. The lowest BCUT2D eigenvalue weighted by molar-refractivity contribution is -0.113. The second kappa shape index (κ2) is 7.45. The van der Waals surface area contributed by atoms with Crippen LogP contribution in [0.15, 0.2) is 52.9 Å². The SMILES string of the molecule is CC(=O)C1=C(C)NC(CC(O)CCl)=C(C#N)C1c1ccccc1. The van der Waals surface area contributed by atoms with E-state index in [0.717, 1.165) is 5.56 Å². The summed E-state index contributed by atoms with van der Waals surface area (Å²) in [5, 5.41) is 22.6. The van der Waals surface area contributed by atoms with Gasteiger partial charge in [-0.2, -0.15) is 5.26 Å². The average molecular weight is 331 g/mol. The molecule has 0 aromatic heterocycles. The molecule has 1 aromatic carbocycles. The molecule has 0 radical (unpaired) electrons. The standard InChI is InChI=1S/C18H19ClN2O2/c1-11-17(12(2)22)18(13-6-4-3-5-7-13)15(10-20)16(21-11)8-14(23)9-19/h3-7,14,18,21,23H,8-9H2,1-2H3. The molecule has 0 saturated heterocycles. The van der Waals surface area contributed by atoms with Gasteiger partial charge in [-0.15, -0.1) is 11.6 Å². The maximum absolute atomic E-state index is 12.1. The Hall–Kier alpha value is -2.09. The molecule has 4 nitrogen and oxygen atoms in total. The molecule has 23 heavy (non-hydrogen) atoms. The third kappa shape index (κ3) is 3.64. The molecule has 0 saturated carbocycles. The van der Waals surface area contributed by atoms with Crippen molar-refractivity contribution in [1.29, 1.82) is 5.26 Å². The number of benzene rings is 1. The van der Waals surface area contributed by atoms with Gasteiger partial charge >= 0.3 is 0 Å². The van der Waals surface area contributed by atoms with Gasteiger partial charge in [-0.05, 0) is 19.4 Å². The van der Waals surface area contributed by atoms with Crippen molar-refractivity contribution in [3.05, 3.63) is 58.4 Å². The summed E-state index contributed by atoms with van der Waals surface area (Å²) in [7, 11) is 0. The van der Waals surface area contributed by atoms with E-state index < -0.39 is 12.0 Å². The Bertz CT molecular complexity index is 701. The van der Waals surface area contributed by atoms with Crippen molar-refractivity contribution in [3.63, 3.8) is 0 Å². The molecule has 0 aliphatic carbocycles. The summed E-state index contributed by atoms with van der Waals surface area (Å²) < 4.78 is 0. The fraction of sp³-hybridized carbons (Fsp3) is 0.333. The molecule has 0 amide bonds. The van der Waals surface area contributed by atoms with E-state index in [1.54, 1.807) is 0 Å². The molecule has 120 valence electrons. The molecule has 1 aromatic rings. The molecule has 0 bridgehead atoms. The van der Waals surface area contributed by atoms with Crippen LogP contribution in [0.2, 0.25) is 0 Å². The number of aliphatic hydroxyl groups excluding tert-OH is 1. The number of aliphatic hydroxyl groups is 1. The molecule has 0 fully saturated rings. The summed E-state index contributed by atoms with van der Waals surface area (Å²) in [6.45, 7) is 3.32. The first-order valence-corrected chi connectivity index (χ1v) is 7.93. The first kappa shape index (κ1) is 17.3. The van der Waals surface area contributed by atoms with Crippen LogP contribution >= 0.6 is 11.6 Å². The van der Waals surface area contributed by atoms with Gasteiger partial charge in [0.15, 0.2) is 5.78 Å². The highest BCUT2D eigenvalue weighted by atomic mass is 35.5. The van der Waals surface area contributed by atoms with Crippen molar-refractivity contribution >= 4 is 17.4 Å². The third-order valence-electron chi connectivity index (χ3n) is 3.90. The summed E-state index contributed by atoms with van der Waals surface area (Å²) in [6, 6.07) is 11.7. The highest BCUT2D eigenvalue weighted by Gasteiger charge is 2.32. The summed E-state index contributed by atoms with van der Waals surface area (Å²) in [5.41, 5.74) is 3.25. The Labute approximate surface area is 141 Å². The number of Topliss-reactive ketones (excluding diaryl/α,β-unsaturated/α-hetero) is 1. The number of halogens is 1. The van der Waals surface area contributed by atoms with Crippen molar-refractivity contribution in [3.8, 4) is 6.07 Å². The Kier molecular flexibility index (Phi) is 5.59. The molecule has 0 spiro atoms.